The zero-order valence-electron chi connectivity index (χ0n) is 21.0. The van der Waals surface area contributed by atoms with Gasteiger partial charge in [-0.15, -0.1) is 0 Å². The molecular formula is C28H33N5O3. The molecule has 1 aliphatic rings. The number of carbonyl (C=O) groups is 2. The van der Waals surface area contributed by atoms with Gasteiger partial charge in [-0.1, -0.05) is 12.1 Å². The fraction of sp³-hybridized carbons (Fsp3) is 0.321. The van der Waals surface area contributed by atoms with Gasteiger partial charge in [-0.05, 0) is 93.4 Å². The van der Waals surface area contributed by atoms with Crippen molar-refractivity contribution in [3.63, 3.8) is 0 Å². The lowest BCUT2D eigenvalue weighted by Gasteiger charge is -2.17. The highest BCUT2D eigenvalue weighted by Crippen LogP contribution is 2.46. The molecule has 1 aromatic heterocycles. The summed E-state index contributed by atoms with van der Waals surface area (Å²) in [6.07, 6.45) is 1.98. The van der Waals surface area contributed by atoms with Gasteiger partial charge in [0.25, 0.3) is 5.91 Å². The Kier molecular flexibility index (Phi) is 7.85. The number of hydrogen-bond donors (Lipinski definition) is 3. The zero-order valence-corrected chi connectivity index (χ0v) is 21.0. The van der Waals surface area contributed by atoms with Gasteiger partial charge < -0.3 is 26.0 Å². The fourth-order valence-corrected chi connectivity index (χ4v) is 4.02. The summed E-state index contributed by atoms with van der Waals surface area (Å²) in [6.45, 7) is 3.96. The van der Waals surface area contributed by atoms with Crippen molar-refractivity contribution in [2.75, 3.05) is 37.8 Å². The fourth-order valence-electron chi connectivity index (χ4n) is 4.02. The van der Waals surface area contributed by atoms with Crippen LogP contribution in [-0.4, -0.2) is 48.9 Å². The van der Waals surface area contributed by atoms with E-state index in [2.05, 4.69) is 20.5 Å². The minimum absolute atomic E-state index is 0.244. The Morgan fingerprint density at radius 1 is 1.08 bits per heavy atom. The molecule has 8 heteroatoms. The number of carbonyl (C=O) groups excluding carboxylic acids is 2. The first-order valence-corrected chi connectivity index (χ1v) is 12.1. The number of aryl methyl sites for hydroxylation is 1. The molecule has 0 saturated heterocycles. The van der Waals surface area contributed by atoms with Gasteiger partial charge in [0.2, 0.25) is 5.91 Å². The summed E-state index contributed by atoms with van der Waals surface area (Å²) >= 11 is 0. The Morgan fingerprint density at radius 3 is 2.50 bits per heavy atom. The number of aromatic nitrogens is 1. The average Bonchev–Trinajstić information content (AvgIpc) is 3.69. The number of likely N-dealkylation sites (N-methyl/N-ethyl adjacent to an activating group) is 1. The molecule has 1 saturated carbocycles. The number of anilines is 2. The van der Waals surface area contributed by atoms with Crippen LogP contribution >= 0.6 is 0 Å². The first-order chi connectivity index (χ1) is 17.3. The van der Waals surface area contributed by atoms with Gasteiger partial charge in [-0.3, -0.25) is 9.59 Å². The summed E-state index contributed by atoms with van der Waals surface area (Å²) in [4.78, 5) is 31.6. The topological polar surface area (TPSA) is 110 Å². The Hall–Kier alpha value is -3.91. The largest absolute Gasteiger partial charge is 0.487 e. The summed E-state index contributed by atoms with van der Waals surface area (Å²) < 4.78 is 5.88. The van der Waals surface area contributed by atoms with Crippen molar-refractivity contribution in [2.45, 2.75) is 32.3 Å². The third-order valence-corrected chi connectivity index (χ3v) is 6.12. The molecule has 1 aliphatic carbocycles. The Labute approximate surface area is 211 Å². The molecular weight excluding hydrogens is 454 g/mol. The van der Waals surface area contributed by atoms with Crippen molar-refractivity contribution < 1.29 is 14.3 Å². The predicted molar refractivity (Wildman–Crippen MR) is 142 cm³/mol. The summed E-state index contributed by atoms with van der Waals surface area (Å²) in [6, 6.07) is 16.3. The van der Waals surface area contributed by atoms with E-state index in [-0.39, 0.29) is 11.8 Å². The summed E-state index contributed by atoms with van der Waals surface area (Å²) in [7, 11) is 4.06. The maximum absolute atomic E-state index is 13.0. The van der Waals surface area contributed by atoms with Crippen LogP contribution in [-0.2, 0) is 6.61 Å². The van der Waals surface area contributed by atoms with Crippen LogP contribution in [0.2, 0.25) is 0 Å². The zero-order chi connectivity index (χ0) is 25.7. The van der Waals surface area contributed by atoms with Crippen LogP contribution in [0.3, 0.4) is 0 Å². The normalized spacial score (nSPS) is 12.9. The van der Waals surface area contributed by atoms with Crippen LogP contribution in [0.5, 0.6) is 5.75 Å². The van der Waals surface area contributed by atoms with Crippen molar-refractivity contribution in [2.24, 2.45) is 5.73 Å². The van der Waals surface area contributed by atoms with Crippen LogP contribution in [0.4, 0.5) is 11.5 Å². The van der Waals surface area contributed by atoms with Crippen LogP contribution in [0, 0.1) is 6.92 Å². The van der Waals surface area contributed by atoms with Gasteiger partial charge in [0, 0.05) is 29.9 Å². The predicted octanol–water partition coefficient (Wildman–Crippen LogP) is 4.17. The maximum Gasteiger partial charge on any atom is 0.255 e. The molecule has 0 radical (unpaired) electrons. The molecule has 8 nitrogen and oxygen atoms in total. The molecule has 2 amide bonds. The first kappa shape index (κ1) is 25.2. The first-order valence-electron chi connectivity index (χ1n) is 12.1. The summed E-state index contributed by atoms with van der Waals surface area (Å²) in [5.74, 6) is 0.995. The lowest BCUT2D eigenvalue weighted by molar-refractivity contribution is 0.0995. The van der Waals surface area contributed by atoms with E-state index in [1.807, 2.05) is 45.3 Å². The van der Waals surface area contributed by atoms with Crippen LogP contribution in [0.1, 0.15) is 56.3 Å². The molecule has 188 valence electrons. The molecule has 36 heavy (non-hydrogen) atoms. The van der Waals surface area contributed by atoms with E-state index < -0.39 is 5.91 Å². The monoisotopic (exact) mass is 487 g/mol. The maximum atomic E-state index is 13.0. The lowest BCUT2D eigenvalue weighted by Crippen LogP contribution is -2.21. The van der Waals surface area contributed by atoms with Gasteiger partial charge in [-0.2, -0.15) is 0 Å². The van der Waals surface area contributed by atoms with Crippen LogP contribution < -0.4 is 21.1 Å². The second-order valence-corrected chi connectivity index (χ2v) is 9.37. The number of nitrogens with zero attached hydrogens (tertiary/aromatic N) is 2. The Morgan fingerprint density at radius 2 is 1.83 bits per heavy atom. The molecule has 0 spiro atoms. The van der Waals surface area contributed by atoms with E-state index in [1.165, 1.54) is 0 Å². The smallest absolute Gasteiger partial charge is 0.255 e. The van der Waals surface area contributed by atoms with Gasteiger partial charge in [-0.25, -0.2) is 4.98 Å². The van der Waals surface area contributed by atoms with E-state index >= 15 is 0 Å². The number of amides is 2. The summed E-state index contributed by atoms with van der Waals surface area (Å²) in [5, 5.41) is 6.32. The molecule has 1 fully saturated rings. The van der Waals surface area contributed by atoms with E-state index in [9.17, 15) is 9.59 Å². The molecule has 4 N–H and O–H groups in total. The van der Waals surface area contributed by atoms with Gasteiger partial charge in [0.1, 0.15) is 18.2 Å². The Bertz CT molecular complexity index is 1240. The van der Waals surface area contributed by atoms with Crippen molar-refractivity contribution in [3.05, 3.63) is 82.5 Å². The molecule has 4 rings (SSSR count). The van der Waals surface area contributed by atoms with Gasteiger partial charge in [0.05, 0.1) is 5.69 Å². The van der Waals surface area contributed by atoms with E-state index in [1.54, 1.807) is 30.3 Å². The quantitative estimate of drug-likeness (QED) is 0.375. The van der Waals surface area contributed by atoms with E-state index in [4.69, 9.17) is 10.5 Å². The van der Waals surface area contributed by atoms with Crippen molar-refractivity contribution in [1.29, 1.82) is 0 Å². The summed E-state index contributed by atoms with van der Waals surface area (Å²) in [5.41, 5.74) is 9.82. The molecule has 0 aliphatic heterocycles. The van der Waals surface area contributed by atoms with Gasteiger partial charge in [0.15, 0.2) is 0 Å². The SMILES string of the molecule is Cc1ccc(C(N)=O)c(C2CC2)c1NC(=O)c1ccc(OCc2cccc(NCCN(C)C)n2)cc1. The third kappa shape index (κ3) is 6.40. The van der Waals surface area contributed by atoms with Crippen LogP contribution in [0.15, 0.2) is 54.6 Å². The standard InChI is InChI=1S/C28H33N5O3/c1-18-7-14-23(27(29)34)25(19-8-9-19)26(18)32-28(35)20-10-12-22(13-11-20)36-17-21-5-4-6-24(31-21)30-15-16-33(2)3/h4-7,10-14,19H,8-9,15-17H2,1-3H3,(H2,29,34)(H,30,31)(H,32,35). The van der Waals surface area contributed by atoms with Crippen molar-refractivity contribution >= 4 is 23.3 Å². The number of nitrogens with one attached hydrogen (secondary N) is 2. The minimum Gasteiger partial charge on any atom is -0.487 e. The third-order valence-electron chi connectivity index (χ3n) is 6.12. The van der Waals surface area contributed by atoms with Gasteiger partial charge >= 0.3 is 0 Å². The number of pyridine rings is 1. The van der Waals surface area contributed by atoms with E-state index in [0.717, 1.165) is 48.6 Å². The number of primary amides is 1. The molecule has 2 aromatic carbocycles. The number of hydrogen-bond acceptors (Lipinski definition) is 6. The molecule has 0 unspecified atom stereocenters. The molecule has 1 heterocycles. The average molecular weight is 488 g/mol. The molecule has 0 bridgehead atoms. The number of nitrogens with two attached hydrogens (primary N) is 1. The number of ether oxygens (including phenoxy) is 1. The van der Waals surface area contributed by atoms with Crippen molar-refractivity contribution in [1.82, 2.24) is 9.88 Å². The molecule has 0 atom stereocenters. The second-order valence-electron chi connectivity index (χ2n) is 9.37. The minimum atomic E-state index is -0.474. The number of benzene rings is 2. The highest BCUT2D eigenvalue weighted by molar-refractivity contribution is 6.06. The highest BCUT2D eigenvalue weighted by atomic mass is 16.5. The second kappa shape index (κ2) is 11.2. The molecule has 3 aromatic rings. The highest BCUT2D eigenvalue weighted by Gasteiger charge is 2.31. The van der Waals surface area contributed by atoms with E-state index in [0.29, 0.717) is 29.2 Å². The number of rotatable bonds is 11. The Balaban J connectivity index is 1.38. The lowest BCUT2D eigenvalue weighted by atomic mass is 9.96. The van der Waals surface area contributed by atoms with Crippen LogP contribution in [0.25, 0.3) is 0 Å². The van der Waals surface area contributed by atoms with Crippen molar-refractivity contribution in [3.8, 4) is 5.75 Å².